The fourth-order valence-electron chi connectivity index (χ4n) is 2.42. The molecule has 2 saturated carbocycles. The molecule has 0 aromatic heterocycles. The number of ether oxygens (including phenoxy) is 1. The van der Waals surface area contributed by atoms with Crippen LogP contribution in [-0.4, -0.2) is 38.6 Å². The second-order valence-corrected chi connectivity index (χ2v) is 12.4. The van der Waals surface area contributed by atoms with Gasteiger partial charge in [0.2, 0.25) is 0 Å². The van der Waals surface area contributed by atoms with Crippen molar-refractivity contribution in [3.8, 4) is 0 Å². The van der Waals surface area contributed by atoms with E-state index in [1.165, 1.54) is 11.5 Å². The van der Waals surface area contributed by atoms with Gasteiger partial charge in [0.1, 0.15) is 6.61 Å². The predicted molar refractivity (Wildman–Crippen MR) is 99.8 cm³/mol. The van der Waals surface area contributed by atoms with Gasteiger partial charge in [-0.3, -0.25) is 0 Å². The first-order valence-corrected chi connectivity index (χ1v) is 12.5. The van der Waals surface area contributed by atoms with E-state index in [1.54, 1.807) is 0 Å². The minimum absolute atomic E-state index is 0. The Kier molecular flexibility index (Phi) is 9.88. The van der Waals surface area contributed by atoms with Crippen molar-refractivity contribution in [2.45, 2.75) is 25.7 Å². The minimum Gasteiger partial charge on any atom is -0.478 e. The fourth-order valence-corrected chi connectivity index (χ4v) is 4.57. The van der Waals surface area contributed by atoms with Crippen LogP contribution >= 0.6 is 11.8 Å². The molecule has 1 atom stereocenters. The molecule has 1 aliphatic heterocycles. The molecule has 2 fully saturated rings. The first-order valence-electron chi connectivity index (χ1n) is 7.65. The smallest absolute Gasteiger partial charge is 0.478 e. The predicted octanol–water partition coefficient (Wildman–Crippen LogP) is 3.82. The molecule has 3 rings (SSSR count). The van der Waals surface area contributed by atoms with E-state index < -0.39 is 8.07 Å². The molecular weight excluding hydrogens is 362 g/mol. The van der Waals surface area contributed by atoms with Gasteiger partial charge in [-0.05, 0) is 63.2 Å². The largest absolute Gasteiger partial charge is 2.00 e. The van der Waals surface area contributed by atoms with Gasteiger partial charge >= 0.3 is 17.1 Å². The molecular formula is C18H25FeNOSSi+2. The molecule has 23 heavy (non-hydrogen) atoms. The minimum atomic E-state index is -1.30. The van der Waals surface area contributed by atoms with Crippen LogP contribution in [0.1, 0.15) is 0 Å². The maximum Gasteiger partial charge on any atom is 2.00 e. The monoisotopic (exact) mass is 387 g/mol. The summed E-state index contributed by atoms with van der Waals surface area (Å²) in [6.45, 7) is 7.83. The van der Waals surface area contributed by atoms with Crippen molar-refractivity contribution in [2.75, 3.05) is 18.6 Å². The van der Waals surface area contributed by atoms with Crippen LogP contribution in [0.3, 0.4) is 0 Å². The Balaban J connectivity index is 0.000000377. The zero-order valence-electron chi connectivity index (χ0n) is 14.2. The second kappa shape index (κ2) is 10.5. The number of rotatable bonds is 4. The third-order valence-electron chi connectivity index (χ3n) is 3.48. The molecule has 3 aliphatic rings. The third-order valence-corrected chi connectivity index (χ3v) is 6.25. The average Bonchev–Trinajstić information content (AvgIpc) is 3.21. The van der Waals surface area contributed by atoms with Crippen molar-refractivity contribution >= 4 is 25.7 Å². The molecule has 10 radical (unpaired) electrons. The molecule has 5 heteroatoms. The Morgan fingerprint density at radius 2 is 1.70 bits per heavy atom. The summed E-state index contributed by atoms with van der Waals surface area (Å²) >= 11 is 1.83. The van der Waals surface area contributed by atoms with Crippen LogP contribution < -0.4 is 0 Å². The van der Waals surface area contributed by atoms with Crippen LogP contribution in [0.25, 0.3) is 0 Å². The van der Waals surface area contributed by atoms with E-state index in [0.29, 0.717) is 6.04 Å². The number of nitrogens with zero attached hydrogens (tertiary/aromatic N) is 1. The van der Waals surface area contributed by atoms with E-state index in [4.69, 9.17) is 9.73 Å². The Bertz CT molecular complexity index is 361. The van der Waals surface area contributed by atoms with Crippen molar-refractivity contribution in [2.24, 2.45) is 4.99 Å². The zero-order chi connectivity index (χ0) is 16.0. The van der Waals surface area contributed by atoms with Gasteiger partial charge in [0.25, 0.3) is 0 Å². The SMILES string of the molecule is CSC[C@H]1COC([C]2[CH][CH][CH][C]2[Si](C)(C)C)=N1.[CH]1[CH][CH][CH][CH]1.[Fe+2]. The molecule has 0 spiro atoms. The molecule has 0 N–H and O–H groups in total. The average molecular weight is 387 g/mol. The standard InChI is InChI=1S/C13H20NOSSi.C5H5.Fe/c1-16-9-10-8-15-13(14-10)11-6-5-7-12(11)17(2,3)4;1-2-4-5-3-1;/h5-7,10H,8-9H2,1-4H3;1-5H;/q;;+2/t10-;;/m1../s1. The Morgan fingerprint density at radius 3 is 2.22 bits per heavy atom. The van der Waals surface area contributed by atoms with Gasteiger partial charge in [0.15, 0.2) is 5.90 Å². The molecule has 0 bridgehead atoms. The fraction of sp³-hybridized carbons (Fsp3) is 0.389. The van der Waals surface area contributed by atoms with Crippen LogP contribution in [0.15, 0.2) is 4.99 Å². The molecule has 0 unspecified atom stereocenters. The van der Waals surface area contributed by atoms with E-state index in [9.17, 15) is 0 Å². The topological polar surface area (TPSA) is 21.6 Å². The third kappa shape index (κ3) is 6.76. The van der Waals surface area contributed by atoms with Gasteiger partial charge in [-0.1, -0.05) is 19.6 Å². The zero-order valence-corrected chi connectivity index (χ0v) is 17.1. The van der Waals surface area contributed by atoms with E-state index in [0.717, 1.165) is 18.3 Å². The number of thioether (sulfide) groups is 1. The van der Waals surface area contributed by atoms with Crippen molar-refractivity contribution in [3.63, 3.8) is 0 Å². The summed E-state index contributed by atoms with van der Waals surface area (Å²) in [4.78, 5) is 4.69. The molecule has 2 nitrogen and oxygen atoms in total. The molecule has 2 aliphatic carbocycles. The first kappa shape index (κ1) is 21.6. The van der Waals surface area contributed by atoms with Crippen LogP contribution in [0, 0.1) is 62.8 Å². The van der Waals surface area contributed by atoms with Gasteiger partial charge in [0.05, 0.1) is 20.0 Å². The van der Waals surface area contributed by atoms with Crippen molar-refractivity contribution in [3.05, 3.63) is 62.8 Å². The first-order chi connectivity index (χ1) is 10.5. The summed E-state index contributed by atoms with van der Waals surface area (Å²) < 4.78 is 5.76. The molecule has 124 valence electrons. The van der Waals surface area contributed by atoms with Crippen LogP contribution in [0.4, 0.5) is 0 Å². The normalized spacial score (nSPS) is 25.4. The van der Waals surface area contributed by atoms with Gasteiger partial charge in [-0.2, -0.15) is 11.8 Å². The second-order valence-electron chi connectivity index (χ2n) is 6.42. The molecule has 0 aromatic rings. The number of hydrogen-bond acceptors (Lipinski definition) is 3. The Hall–Kier alpha value is 0.556. The van der Waals surface area contributed by atoms with E-state index in [2.05, 4.69) is 45.2 Å². The van der Waals surface area contributed by atoms with E-state index in [-0.39, 0.29) is 17.1 Å². The van der Waals surface area contributed by atoms with Gasteiger partial charge < -0.3 is 4.74 Å². The van der Waals surface area contributed by atoms with Crippen molar-refractivity contribution in [1.82, 2.24) is 0 Å². The summed E-state index contributed by atoms with van der Waals surface area (Å²) in [5, 5.41) is 0. The van der Waals surface area contributed by atoms with Crippen molar-refractivity contribution in [1.29, 1.82) is 0 Å². The summed E-state index contributed by atoms with van der Waals surface area (Å²) in [6.07, 6.45) is 18.6. The number of aliphatic imine (C=N–C) groups is 1. The molecule has 0 amide bonds. The van der Waals surface area contributed by atoms with Crippen LogP contribution in [-0.2, 0) is 21.8 Å². The maximum atomic E-state index is 5.76. The van der Waals surface area contributed by atoms with Crippen LogP contribution in [0.2, 0.25) is 19.6 Å². The van der Waals surface area contributed by atoms with Gasteiger partial charge in [0, 0.05) is 5.75 Å². The quantitative estimate of drug-likeness (QED) is 0.684. The van der Waals surface area contributed by atoms with Crippen molar-refractivity contribution < 1.29 is 21.8 Å². The number of hydrogen-bond donors (Lipinski definition) is 0. The molecule has 0 saturated heterocycles. The van der Waals surface area contributed by atoms with Gasteiger partial charge in [-0.25, -0.2) is 4.99 Å². The molecule has 0 aromatic carbocycles. The Morgan fingerprint density at radius 1 is 1.09 bits per heavy atom. The maximum absolute atomic E-state index is 5.76. The Labute approximate surface area is 159 Å². The summed E-state index contributed by atoms with van der Waals surface area (Å²) in [5.41, 5.74) is 1.46. The summed E-state index contributed by atoms with van der Waals surface area (Å²) in [6, 6.07) is 0.337. The van der Waals surface area contributed by atoms with E-state index >= 15 is 0 Å². The summed E-state index contributed by atoms with van der Waals surface area (Å²) in [7, 11) is -1.30. The van der Waals surface area contributed by atoms with E-state index in [1.807, 2.05) is 43.9 Å². The van der Waals surface area contributed by atoms with Crippen LogP contribution in [0.5, 0.6) is 0 Å². The van der Waals surface area contributed by atoms with Gasteiger partial charge in [-0.15, -0.1) is 0 Å². The summed E-state index contributed by atoms with van der Waals surface area (Å²) in [5.74, 6) is 3.14. The molecule has 1 heterocycles.